The smallest absolute Gasteiger partial charge is 0.251 e. The zero-order valence-corrected chi connectivity index (χ0v) is 14.3. The number of nitrogens with one attached hydrogen (secondary N) is 3. The first-order valence-electron chi connectivity index (χ1n) is 7.17. The summed E-state index contributed by atoms with van der Waals surface area (Å²) in [7, 11) is 0. The van der Waals surface area contributed by atoms with E-state index in [2.05, 4.69) is 42.0 Å². The summed E-state index contributed by atoms with van der Waals surface area (Å²) in [5, 5.41) is 15.7. The fourth-order valence-corrected chi connectivity index (χ4v) is 2.68. The second-order valence-corrected chi connectivity index (χ2v) is 6.13. The van der Waals surface area contributed by atoms with Crippen LogP contribution in [-0.4, -0.2) is 33.8 Å². The fourth-order valence-electron chi connectivity index (χ4n) is 2.21. The molecule has 2 amide bonds. The van der Waals surface area contributed by atoms with Crippen LogP contribution in [0.5, 0.6) is 0 Å². The van der Waals surface area contributed by atoms with Crippen LogP contribution >= 0.6 is 15.9 Å². The van der Waals surface area contributed by atoms with E-state index in [9.17, 15) is 9.59 Å². The van der Waals surface area contributed by atoms with E-state index >= 15 is 0 Å². The molecule has 0 spiro atoms. The van der Waals surface area contributed by atoms with Gasteiger partial charge in [-0.25, -0.2) is 0 Å². The molecule has 0 saturated heterocycles. The summed E-state index contributed by atoms with van der Waals surface area (Å²) in [4.78, 5) is 24.1. The molecule has 0 aliphatic rings. The maximum absolute atomic E-state index is 12.1. The first kappa shape index (κ1) is 16.1. The molecule has 3 rings (SSSR count). The van der Waals surface area contributed by atoms with Gasteiger partial charge in [0.25, 0.3) is 5.91 Å². The van der Waals surface area contributed by atoms with Crippen molar-refractivity contribution in [1.82, 2.24) is 20.7 Å². The van der Waals surface area contributed by atoms with Gasteiger partial charge < -0.3 is 10.6 Å². The highest BCUT2D eigenvalue weighted by Gasteiger charge is 2.11. The van der Waals surface area contributed by atoms with Crippen LogP contribution in [0.1, 0.15) is 15.9 Å². The number of nitrogens with zero attached hydrogens (tertiary/aromatic N) is 2. The van der Waals surface area contributed by atoms with Crippen molar-refractivity contribution in [2.75, 3.05) is 11.9 Å². The van der Waals surface area contributed by atoms with Gasteiger partial charge in [0.2, 0.25) is 5.91 Å². The number of hydrogen-bond donors (Lipinski definition) is 3. The SMILES string of the molecule is Cc1cc(Br)ccc1NC(=O)CNC(=O)c1ccc2n[nH]nc2c1. The maximum Gasteiger partial charge on any atom is 0.251 e. The third-order valence-corrected chi connectivity index (χ3v) is 3.94. The first-order valence-corrected chi connectivity index (χ1v) is 7.97. The number of amides is 2. The Morgan fingerprint density at radius 2 is 1.92 bits per heavy atom. The zero-order valence-electron chi connectivity index (χ0n) is 12.8. The Hall–Kier alpha value is -2.74. The molecule has 0 unspecified atom stereocenters. The minimum Gasteiger partial charge on any atom is -0.343 e. The molecule has 0 aliphatic heterocycles. The highest BCUT2D eigenvalue weighted by molar-refractivity contribution is 9.10. The standard InChI is InChI=1S/C16H14BrN5O2/c1-9-6-11(17)3-5-12(9)19-15(23)8-18-16(24)10-2-4-13-14(7-10)21-22-20-13/h2-7H,8H2,1H3,(H,18,24)(H,19,23)(H,20,21,22). The Morgan fingerprint density at radius 3 is 2.71 bits per heavy atom. The number of carbonyl (C=O) groups excluding carboxylic acids is 2. The molecule has 3 aromatic rings. The number of H-pyrrole nitrogens is 1. The van der Waals surface area contributed by atoms with Crippen molar-refractivity contribution in [3.63, 3.8) is 0 Å². The fraction of sp³-hybridized carbons (Fsp3) is 0.125. The lowest BCUT2D eigenvalue weighted by atomic mass is 10.2. The van der Waals surface area contributed by atoms with Crippen LogP contribution in [-0.2, 0) is 4.79 Å². The number of halogens is 1. The average Bonchev–Trinajstić information content (AvgIpc) is 3.03. The quantitative estimate of drug-likeness (QED) is 0.639. The van der Waals surface area contributed by atoms with E-state index < -0.39 is 0 Å². The third kappa shape index (κ3) is 3.60. The van der Waals surface area contributed by atoms with E-state index in [-0.39, 0.29) is 18.4 Å². The van der Waals surface area contributed by atoms with Crippen LogP contribution in [0.25, 0.3) is 11.0 Å². The van der Waals surface area contributed by atoms with Crippen molar-refractivity contribution >= 4 is 44.5 Å². The topological polar surface area (TPSA) is 99.8 Å². The predicted molar refractivity (Wildman–Crippen MR) is 93.7 cm³/mol. The molecular formula is C16H14BrN5O2. The van der Waals surface area contributed by atoms with Gasteiger partial charge in [0.1, 0.15) is 11.0 Å². The van der Waals surface area contributed by atoms with Gasteiger partial charge >= 0.3 is 0 Å². The predicted octanol–water partition coefficient (Wildman–Crippen LogP) is 2.40. The molecule has 1 heterocycles. The number of hydrogen-bond acceptors (Lipinski definition) is 4. The van der Waals surface area contributed by atoms with E-state index in [4.69, 9.17) is 0 Å². The van der Waals surface area contributed by atoms with E-state index in [0.29, 0.717) is 22.3 Å². The molecule has 24 heavy (non-hydrogen) atoms. The maximum atomic E-state index is 12.1. The molecule has 0 bridgehead atoms. The number of aryl methyl sites for hydroxylation is 1. The van der Waals surface area contributed by atoms with Crippen molar-refractivity contribution in [3.8, 4) is 0 Å². The van der Waals surface area contributed by atoms with E-state index in [1.54, 1.807) is 24.3 Å². The van der Waals surface area contributed by atoms with Crippen LogP contribution < -0.4 is 10.6 Å². The number of aromatic nitrogens is 3. The molecule has 1 aromatic heterocycles. The lowest BCUT2D eigenvalue weighted by Gasteiger charge is -2.09. The number of benzene rings is 2. The Bertz CT molecular complexity index is 922. The Labute approximate surface area is 146 Å². The minimum atomic E-state index is -0.345. The highest BCUT2D eigenvalue weighted by atomic mass is 79.9. The summed E-state index contributed by atoms with van der Waals surface area (Å²) >= 11 is 3.37. The number of anilines is 1. The van der Waals surface area contributed by atoms with Crippen LogP contribution in [0.15, 0.2) is 40.9 Å². The van der Waals surface area contributed by atoms with Gasteiger partial charge in [-0.05, 0) is 48.9 Å². The van der Waals surface area contributed by atoms with Crippen LogP contribution in [0.4, 0.5) is 5.69 Å². The number of carbonyl (C=O) groups is 2. The summed E-state index contributed by atoms with van der Waals surface area (Å²) in [6.07, 6.45) is 0. The molecule has 0 fully saturated rings. The second kappa shape index (κ2) is 6.79. The summed E-state index contributed by atoms with van der Waals surface area (Å²) < 4.78 is 0.939. The molecule has 0 saturated carbocycles. The lowest BCUT2D eigenvalue weighted by Crippen LogP contribution is -2.33. The van der Waals surface area contributed by atoms with E-state index in [1.165, 1.54) is 0 Å². The molecule has 0 radical (unpaired) electrons. The molecule has 2 aromatic carbocycles. The largest absolute Gasteiger partial charge is 0.343 e. The molecule has 0 atom stereocenters. The summed E-state index contributed by atoms with van der Waals surface area (Å²) in [6, 6.07) is 10.5. The molecule has 0 aliphatic carbocycles. The van der Waals surface area contributed by atoms with E-state index in [1.807, 2.05) is 19.1 Å². The molecular weight excluding hydrogens is 374 g/mol. The summed E-state index contributed by atoms with van der Waals surface area (Å²) in [5.74, 6) is -0.640. The summed E-state index contributed by atoms with van der Waals surface area (Å²) in [5.41, 5.74) is 3.33. The van der Waals surface area contributed by atoms with Crippen molar-refractivity contribution < 1.29 is 9.59 Å². The highest BCUT2D eigenvalue weighted by Crippen LogP contribution is 2.19. The first-order chi connectivity index (χ1) is 11.5. The van der Waals surface area contributed by atoms with Gasteiger partial charge in [-0.2, -0.15) is 15.4 Å². The normalized spacial score (nSPS) is 10.6. The average molecular weight is 388 g/mol. The van der Waals surface area contributed by atoms with Crippen molar-refractivity contribution in [2.24, 2.45) is 0 Å². The van der Waals surface area contributed by atoms with E-state index in [0.717, 1.165) is 10.0 Å². The van der Waals surface area contributed by atoms with Crippen molar-refractivity contribution in [2.45, 2.75) is 6.92 Å². The van der Waals surface area contributed by atoms with Gasteiger partial charge in [0.05, 0.1) is 6.54 Å². The van der Waals surface area contributed by atoms with Gasteiger partial charge in [-0.3, -0.25) is 9.59 Å². The molecule has 3 N–H and O–H groups in total. The van der Waals surface area contributed by atoms with Crippen LogP contribution in [0, 0.1) is 6.92 Å². The number of fused-ring (bicyclic) bond motifs is 1. The second-order valence-electron chi connectivity index (χ2n) is 5.22. The molecule has 7 nitrogen and oxygen atoms in total. The summed E-state index contributed by atoms with van der Waals surface area (Å²) in [6.45, 7) is 1.78. The van der Waals surface area contributed by atoms with Crippen LogP contribution in [0.3, 0.4) is 0 Å². The third-order valence-electron chi connectivity index (χ3n) is 3.45. The molecule has 8 heteroatoms. The van der Waals surface area contributed by atoms with Crippen molar-refractivity contribution in [3.05, 3.63) is 52.0 Å². The van der Waals surface area contributed by atoms with Gasteiger partial charge in [0, 0.05) is 15.7 Å². The van der Waals surface area contributed by atoms with Gasteiger partial charge in [-0.15, -0.1) is 0 Å². The van der Waals surface area contributed by atoms with Gasteiger partial charge in [0.15, 0.2) is 0 Å². The Morgan fingerprint density at radius 1 is 1.12 bits per heavy atom. The number of aromatic amines is 1. The van der Waals surface area contributed by atoms with Crippen LogP contribution in [0.2, 0.25) is 0 Å². The Balaban J connectivity index is 1.60. The zero-order chi connectivity index (χ0) is 17.1. The lowest BCUT2D eigenvalue weighted by molar-refractivity contribution is -0.115. The minimum absolute atomic E-state index is 0.120. The monoisotopic (exact) mass is 387 g/mol. The molecule has 122 valence electrons. The van der Waals surface area contributed by atoms with Gasteiger partial charge in [-0.1, -0.05) is 15.9 Å². The number of rotatable bonds is 4. The van der Waals surface area contributed by atoms with Crippen molar-refractivity contribution in [1.29, 1.82) is 0 Å². The Kier molecular flexibility index (Phi) is 4.57.